The van der Waals surface area contributed by atoms with E-state index in [1.807, 2.05) is 30.3 Å². The highest BCUT2D eigenvalue weighted by Gasteiger charge is 2.27. The minimum atomic E-state index is -0.526. The molecule has 0 atom stereocenters. The van der Waals surface area contributed by atoms with Gasteiger partial charge in [-0.3, -0.25) is 19.7 Å². The lowest BCUT2D eigenvalue weighted by atomic mass is 9.95. The van der Waals surface area contributed by atoms with Crippen molar-refractivity contribution < 1.29 is 14.5 Å². The lowest BCUT2D eigenvalue weighted by molar-refractivity contribution is -0.387. The Bertz CT molecular complexity index is 1520. The highest BCUT2D eigenvalue weighted by molar-refractivity contribution is 7.99. The molecule has 12 heteroatoms. The summed E-state index contributed by atoms with van der Waals surface area (Å²) in [5.41, 5.74) is 2.35. The van der Waals surface area contributed by atoms with E-state index in [2.05, 4.69) is 20.8 Å². The van der Waals surface area contributed by atoms with Gasteiger partial charge in [-0.1, -0.05) is 30.3 Å². The normalized spacial score (nSPS) is 12.6. The molecule has 0 fully saturated rings. The number of aryl methyl sites for hydroxylation is 2. The number of anilines is 1. The molecule has 2 heterocycles. The Labute approximate surface area is 226 Å². The smallest absolute Gasteiger partial charge is 0.284 e. The molecule has 0 unspecified atom stereocenters. The van der Waals surface area contributed by atoms with Gasteiger partial charge in [-0.05, 0) is 60.7 Å². The molecule has 0 spiro atoms. The molecule has 2 aromatic heterocycles. The molecule has 4 aromatic rings. The van der Waals surface area contributed by atoms with Crippen LogP contribution in [0.2, 0.25) is 0 Å². The Kier molecular flexibility index (Phi) is 7.52. The number of carbonyl (C=O) groups excluding carboxylic acids is 2. The van der Waals surface area contributed by atoms with Gasteiger partial charge in [-0.25, -0.2) is 0 Å². The maximum atomic E-state index is 13.3. The zero-order valence-corrected chi connectivity index (χ0v) is 22.1. The van der Waals surface area contributed by atoms with E-state index in [-0.39, 0.29) is 17.2 Å². The summed E-state index contributed by atoms with van der Waals surface area (Å²) in [6.07, 6.45) is 5.14. The van der Waals surface area contributed by atoms with Crippen LogP contribution in [0.1, 0.15) is 49.6 Å². The summed E-state index contributed by atoms with van der Waals surface area (Å²) in [6.45, 7) is 0.370. The molecule has 0 saturated heterocycles. The van der Waals surface area contributed by atoms with Gasteiger partial charge in [0.05, 0.1) is 15.4 Å². The van der Waals surface area contributed by atoms with E-state index in [1.165, 1.54) is 35.9 Å². The number of hydrogen-bond acceptors (Lipinski definition) is 8. The van der Waals surface area contributed by atoms with Crippen LogP contribution < -0.4 is 10.6 Å². The SMILES string of the molecule is Cn1cnnc1Sc1ccc(C(=O)Nc2sc3c(c2C(=O)NCc2ccccc2)CCCC3)cc1[N+](=O)[O-]. The van der Waals surface area contributed by atoms with Gasteiger partial charge in [0.15, 0.2) is 5.16 Å². The average Bonchev–Trinajstić information content (AvgIpc) is 3.50. The molecule has 1 aliphatic rings. The predicted molar refractivity (Wildman–Crippen MR) is 145 cm³/mol. The molecular weight excluding hydrogens is 524 g/mol. The topological polar surface area (TPSA) is 132 Å². The first-order chi connectivity index (χ1) is 18.4. The van der Waals surface area contributed by atoms with Gasteiger partial charge in [-0.2, -0.15) is 0 Å². The van der Waals surface area contributed by atoms with Crippen molar-refractivity contribution in [3.63, 3.8) is 0 Å². The van der Waals surface area contributed by atoms with Crippen LogP contribution in [0, 0.1) is 10.1 Å². The van der Waals surface area contributed by atoms with Crippen LogP contribution in [0.5, 0.6) is 0 Å². The molecule has 0 saturated carbocycles. The monoisotopic (exact) mass is 548 g/mol. The molecule has 2 aromatic carbocycles. The fraction of sp³-hybridized carbons (Fsp3) is 0.231. The van der Waals surface area contributed by atoms with E-state index in [9.17, 15) is 19.7 Å². The van der Waals surface area contributed by atoms with Crippen molar-refractivity contribution in [2.24, 2.45) is 7.05 Å². The number of nitrogens with one attached hydrogen (secondary N) is 2. The minimum Gasteiger partial charge on any atom is -0.348 e. The van der Waals surface area contributed by atoms with Crippen molar-refractivity contribution in [1.82, 2.24) is 20.1 Å². The Morgan fingerprint density at radius 1 is 1.13 bits per heavy atom. The fourth-order valence-corrected chi connectivity index (χ4v) is 6.42. The number of fused-ring (bicyclic) bond motifs is 1. The van der Waals surface area contributed by atoms with E-state index < -0.39 is 10.8 Å². The Morgan fingerprint density at radius 2 is 1.92 bits per heavy atom. The van der Waals surface area contributed by atoms with Gasteiger partial charge in [-0.15, -0.1) is 21.5 Å². The third-order valence-electron chi connectivity index (χ3n) is 6.21. The Balaban J connectivity index is 1.40. The molecule has 1 aliphatic carbocycles. The molecule has 194 valence electrons. The summed E-state index contributed by atoms with van der Waals surface area (Å²) in [6, 6.07) is 13.9. The number of carbonyl (C=O) groups is 2. The lowest BCUT2D eigenvalue weighted by Crippen LogP contribution is -2.25. The molecule has 5 rings (SSSR count). The number of amides is 2. The standard InChI is InChI=1S/C26H24N6O4S2/c1-31-15-28-30-26(31)38-21-12-11-17(13-19(21)32(35)36)23(33)29-25-22(18-9-5-6-10-20(18)37-25)24(34)27-14-16-7-3-2-4-8-16/h2-4,7-8,11-13,15H,5-6,9-10,14H2,1H3,(H,27,34)(H,29,33). The van der Waals surface area contributed by atoms with Crippen LogP contribution in [0.4, 0.5) is 10.7 Å². The number of thiophene rings is 1. The van der Waals surface area contributed by atoms with Crippen molar-refractivity contribution >= 4 is 45.6 Å². The van der Waals surface area contributed by atoms with Gasteiger partial charge in [0.25, 0.3) is 17.5 Å². The maximum Gasteiger partial charge on any atom is 0.284 e. The second-order valence-corrected chi connectivity index (χ2v) is 10.9. The van der Waals surface area contributed by atoms with Crippen molar-refractivity contribution in [3.05, 3.63) is 92.1 Å². The summed E-state index contributed by atoms with van der Waals surface area (Å²) in [5.74, 6) is -0.760. The second-order valence-electron chi connectivity index (χ2n) is 8.80. The summed E-state index contributed by atoms with van der Waals surface area (Å²) in [5, 5.41) is 26.3. The number of hydrogen-bond donors (Lipinski definition) is 2. The minimum absolute atomic E-state index is 0.126. The maximum absolute atomic E-state index is 13.3. The van der Waals surface area contributed by atoms with E-state index in [0.29, 0.717) is 27.2 Å². The zero-order chi connectivity index (χ0) is 26.6. The molecule has 10 nitrogen and oxygen atoms in total. The van der Waals surface area contributed by atoms with Crippen LogP contribution in [-0.2, 0) is 26.4 Å². The van der Waals surface area contributed by atoms with E-state index in [0.717, 1.165) is 53.4 Å². The van der Waals surface area contributed by atoms with Crippen LogP contribution in [0.15, 0.2) is 64.9 Å². The third kappa shape index (κ3) is 5.46. The molecule has 0 radical (unpaired) electrons. The van der Waals surface area contributed by atoms with Gasteiger partial charge in [0.1, 0.15) is 11.3 Å². The first-order valence-electron chi connectivity index (χ1n) is 12.0. The number of nitro benzene ring substituents is 1. The average molecular weight is 549 g/mol. The fourth-order valence-electron chi connectivity index (χ4n) is 4.29. The largest absolute Gasteiger partial charge is 0.348 e. The summed E-state index contributed by atoms with van der Waals surface area (Å²) in [7, 11) is 1.74. The number of nitrogens with zero attached hydrogens (tertiary/aromatic N) is 4. The third-order valence-corrected chi connectivity index (χ3v) is 8.53. The van der Waals surface area contributed by atoms with Crippen LogP contribution in [0.25, 0.3) is 0 Å². The molecule has 2 amide bonds. The van der Waals surface area contributed by atoms with Gasteiger partial charge < -0.3 is 15.2 Å². The first kappa shape index (κ1) is 25.6. The lowest BCUT2D eigenvalue weighted by Gasteiger charge is -2.13. The van der Waals surface area contributed by atoms with Crippen LogP contribution in [0.3, 0.4) is 0 Å². The van der Waals surface area contributed by atoms with Crippen molar-refractivity contribution in [2.75, 3.05) is 5.32 Å². The van der Waals surface area contributed by atoms with Crippen LogP contribution >= 0.6 is 23.1 Å². The molecule has 38 heavy (non-hydrogen) atoms. The van der Waals surface area contributed by atoms with Crippen molar-refractivity contribution in [1.29, 1.82) is 0 Å². The number of benzene rings is 2. The van der Waals surface area contributed by atoms with Gasteiger partial charge >= 0.3 is 0 Å². The Hall–Kier alpha value is -4.03. The molecular formula is C26H24N6O4S2. The predicted octanol–water partition coefficient (Wildman–Crippen LogP) is 5.00. The highest BCUT2D eigenvalue weighted by atomic mass is 32.2. The first-order valence-corrected chi connectivity index (χ1v) is 13.6. The van der Waals surface area contributed by atoms with Crippen molar-refractivity contribution in [2.45, 2.75) is 42.3 Å². The van der Waals surface area contributed by atoms with E-state index in [1.54, 1.807) is 11.6 Å². The van der Waals surface area contributed by atoms with Crippen LogP contribution in [-0.4, -0.2) is 31.5 Å². The van der Waals surface area contributed by atoms with Crippen molar-refractivity contribution in [3.8, 4) is 0 Å². The number of rotatable bonds is 8. The highest BCUT2D eigenvalue weighted by Crippen LogP contribution is 2.39. The number of nitro groups is 1. The molecule has 0 bridgehead atoms. The molecule has 0 aliphatic heterocycles. The summed E-state index contributed by atoms with van der Waals surface area (Å²) in [4.78, 5) is 39.3. The van der Waals surface area contributed by atoms with Gasteiger partial charge in [0.2, 0.25) is 0 Å². The number of aromatic nitrogens is 3. The van der Waals surface area contributed by atoms with E-state index in [4.69, 9.17) is 0 Å². The Morgan fingerprint density at radius 3 is 2.66 bits per heavy atom. The van der Waals surface area contributed by atoms with Gasteiger partial charge in [0, 0.05) is 30.1 Å². The zero-order valence-electron chi connectivity index (χ0n) is 20.5. The summed E-state index contributed by atoms with van der Waals surface area (Å²) >= 11 is 2.50. The quantitative estimate of drug-likeness (QED) is 0.234. The van der Waals surface area contributed by atoms with E-state index >= 15 is 0 Å². The second kappa shape index (κ2) is 11.2. The molecule has 2 N–H and O–H groups in total. The summed E-state index contributed by atoms with van der Waals surface area (Å²) < 4.78 is 1.65.